The Labute approximate surface area is 117 Å². The zero-order valence-electron chi connectivity index (χ0n) is 13.1. The van der Waals surface area contributed by atoms with Crippen molar-refractivity contribution in [2.75, 3.05) is 13.7 Å². The maximum atomic E-state index is 12.6. The largest absolute Gasteiger partial charge is 0.383 e. The molecule has 0 bridgehead atoms. The van der Waals surface area contributed by atoms with E-state index in [0.717, 1.165) is 25.7 Å². The summed E-state index contributed by atoms with van der Waals surface area (Å²) in [4.78, 5) is 14.6. The Morgan fingerprint density at radius 1 is 1.37 bits per heavy atom. The van der Waals surface area contributed by atoms with Crippen LogP contribution in [0.3, 0.4) is 0 Å². The molecule has 4 heteroatoms. The molecule has 1 N–H and O–H groups in total. The molecule has 1 aliphatic heterocycles. The molecule has 1 rings (SSSR count). The number of carbonyl (C=O) groups is 1. The first-order valence-electron chi connectivity index (χ1n) is 7.63. The lowest BCUT2D eigenvalue weighted by Gasteiger charge is -2.34. The van der Waals surface area contributed by atoms with Crippen LogP contribution in [-0.2, 0) is 9.53 Å². The van der Waals surface area contributed by atoms with E-state index in [1.54, 1.807) is 7.11 Å². The van der Waals surface area contributed by atoms with Crippen LogP contribution < -0.4 is 5.32 Å². The summed E-state index contributed by atoms with van der Waals surface area (Å²) >= 11 is 0. The van der Waals surface area contributed by atoms with Crippen LogP contribution in [0.2, 0.25) is 0 Å². The van der Waals surface area contributed by atoms with E-state index in [1.807, 2.05) is 4.90 Å². The number of amides is 1. The Hall–Kier alpha value is -0.610. The van der Waals surface area contributed by atoms with Gasteiger partial charge in [0.05, 0.1) is 24.9 Å². The third-order valence-corrected chi connectivity index (χ3v) is 3.98. The molecule has 1 aliphatic rings. The van der Waals surface area contributed by atoms with Gasteiger partial charge in [-0.1, -0.05) is 40.5 Å². The molecule has 19 heavy (non-hydrogen) atoms. The fraction of sp³-hybridized carbons (Fsp3) is 0.933. The Balaban J connectivity index is 2.80. The first-order valence-corrected chi connectivity index (χ1v) is 7.63. The van der Waals surface area contributed by atoms with Crippen LogP contribution in [0.25, 0.3) is 0 Å². The van der Waals surface area contributed by atoms with Crippen LogP contribution >= 0.6 is 0 Å². The third-order valence-electron chi connectivity index (χ3n) is 3.98. The molecule has 1 amide bonds. The second-order valence-corrected chi connectivity index (χ2v) is 5.80. The summed E-state index contributed by atoms with van der Waals surface area (Å²) in [7, 11) is 1.71. The van der Waals surface area contributed by atoms with Crippen molar-refractivity contribution in [3.05, 3.63) is 0 Å². The van der Waals surface area contributed by atoms with Gasteiger partial charge in [-0.05, 0) is 18.8 Å². The fourth-order valence-corrected chi connectivity index (χ4v) is 2.81. The highest BCUT2D eigenvalue weighted by molar-refractivity contribution is 5.84. The highest BCUT2D eigenvalue weighted by Crippen LogP contribution is 2.24. The molecule has 3 atom stereocenters. The van der Waals surface area contributed by atoms with Gasteiger partial charge in [-0.2, -0.15) is 0 Å². The molecule has 112 valence electrons. The molecule has 0 aromatic heterocycles. The monoisotopic (exact) mass is 270 g/mol. The summed E-state index contributed by atoms with van der Waals surface area (Å²) in [6.07, 6.45) is 4.29. The standard InChI is InChI=1S/C15H30N2O2/c1-6-8-9-12-15(18)17(14(7-2)16-12)13(10-19-5)11(3)4/h11-14,16H,6-10H2,1-5H3. The molecule has 0 radical (unpaired) electrons. The van der Waals surface area contributed by atoms with Gasteiger partial charge in [0.1, 0.15) is 0 Å². The average molecular weight is 270 g/mol. The van der Waals surface area contributed by atoms with E-state index >= 15 is 0 Å². The van der Waals surface area contributed by atoms with Crippen LogP contribution in [0.1, 0.15) is 53.4 Å². The maximum absolute atomic E-state index is 12.6. The lowest BCUT2D eigenvalue weighted by Crippen LogP contribution is -2.49. The Kier molecular flexibility index (Phi) is 6.80. The number of rotatable bonds is 8. The lowest BCUT2D eigenvalue weighted by atomic mass is 10.0. The molecule has 0 aromatic rings. The SMILES string of the molecule is CCCCC1NC(CC)N(C(COC)C(C)C)C1=O. The Morgan fingerprint density at radius 3 is 2.53 bits per heavy atom. The number of hydrogen-bond donors (Lipinski definition) is 1. The van der Waals surface area contributed by atoms with E-state index in [9.17, 15) is 4.79 Å². The summed E-state index contributed by atoms with van der Waals surface area (Å²) in [6.45, 7) is 9.22. The first-order chi connectivity index (χ1) is 9.06. The van der Waals surface area contributed by atoms with Crippen LogP contribution in [0, 0.1) is 5.92 Å². The Bertz CT molecular complexity index is 281. The van der Waals surface area contributed by atoms with Gasteiger partial charge in [-0.25, -0.2) is 0 Å². The zero-order valence-corrected chi connectivity index (χ0v) is 13.1. The van der Waals surface area contributed by atoms with Gasteiger partial charge >= 0.3 is 0 Å². The van der Waals surface area contributed by atoms with E-state index in [2.05, 4.69) is 33.0 Å². The van der Waals surface area contributed by atoms with Crippen LogP contribution in [0.15, 0.2) is 0 Å². The fourth-order valence-electron chi connectivity index (χ4n) is 2.81. The average Bonchev–Trinajstić information content (AvgIpc) is 2.70. The topological polar surface area (TPSA) is 41.6 Å². The minimum absolute atomic E-state index is 0.00278. The van der Waals surface area contributed by atoms with E-state index in [-0.39, 0.29) is 24.2 Å². The first kappa shape index (κ1) is 16.4. The van der Waals surface area contributed by atoms with Gasteiger partial charge < -0.3 is 9.64 Å². The molecular weight excluding hydrogens is 240 g/mol. The Morgan fingerprint density at radius 2 is 2.05 bits per heavy atom. The van der Waals surface area contributed by atoms with Gasteiger partial charge in [-0.3, -0.25) is 10.1 Å². The van der Waals surface area contributed by atoms with Crippen molar-refractivity contribution < 1.29 is 9.53 Å². The van der Waals surface area contributed by atoms with Gasteiger partial charge in [0.25, 0.3) is 0 Å². The van der Waals surface area contributed by atoms with Crippen LogP contribution in [0.4, 0.5) is 0 Å². The minimum atomic E-state index is 0.00278. The van der Waals surface area contributed by atoms with Crippen molar-refractivity contribution in [3.63, 3.8) is 0 Å². The van der Waals surface area contributed by atoms with Crippen molar-refractivity contribution in [1.82, 2.24) is 10.2 Å². The van der Waals surface area contributed by atoms with Gasteiger partial charge in [-0.15, -0.1) is 0 Å². The molecule has 1 saturated heterocycles. The van der Waals surface area contributed by atoms with Gasteiger partial charge in [0.2, 0.25) is 5.91 Å². The quantitative estimate of drug-likeness (QED) is 0.736. The van der Waals surface area contributed by atoms with Gasteiger partial charge in [0.15, 0.2) is 0 Å². The number of unbranched alkanes of at least 4 members (excludes halogenated alkanes) is 1. The maximum Gasteiger partial charge on any atom is 0.241 e. The molecule has 3 unspecified atom stereocenters. The highest BCUT2D eigenvalue weighted by atomic mass is 16.5. The number of nitrogens with zero attached hydrogens (tertiary/aromatic N) is 1. The smallest absolute Gasteiger partial charge is 0.241 e. The highest BCUT2D eigenvalue weighted by Gasteiger charge is 2.41. The van der Waals surface area contributed by atoms with Crippen molar-refractivity contribution in [2.24, 2.45) is 5.92 Å². The van der Waals surface area contributed by atoms with Crippen molar-refractivity contribution in [2.45, 2.75) is 71.6 Å². The molecule has 0 saturated carbocycles. The number of methoxy groups -OCH3 is 1. The minimum Gasteiger partial charge on any atom is -0.383 e. The summed E-state index contributed by atoms with van der Waals surface area (Å²) in [6, 6.07) is 0.171. The predicted molar refractivity (Wildman–Crippen MR) is 77.9 cm³/mol. The molecular formula is C15H30N2O2. The van der Waals surface area contributed by atoms with E-state index < -0.39 is 0 Å². The summed E-state index contributed by atoms with van der Waals surface area (Å²) in [5.41, 5.74) is 0. The summed E-state index contributed by atoms with van der Waals surface area (Å²) in [5.74, 6) is 0.667. The molecule has 0 aromatic carbocycles. The van der Waals surface area contributed by atoms with Gasteiger partial charge in [0, 0.05) is 7.11 Å². The van der Waals surface area contributed by atoms with Crippen LogP contribution in [0.5, 0.6) is 0 Å². The molecule has 0 spiro atoms. The summed E-state index contributed by atoms with van der Waals surface area (Å²) in [5, 5.41) is 3.49. The second-order valence-electron chi connectivity index (χ2n) is 5.80. The van der Waals surface area contributed by atoms with E-state index in [4.69, 9.17) is 4.74 Å². The van der Waals surface area contributed by atoms with E-state index in [1.165, 1.54) is 0 Å². The van der Waals surface area contributed by atoms with E-state index in [0.29, 0.717) is 12.5 Å². The number of hydrogen-bond acceptors (Lipinski definition) is 3. The number of carbonyl (C=O) groups excluding carboxylic acids is 1. The molecule has 0 aliphatic carbocycles. The second kappa shape index (κ2) is 7.85. The predicted octanol–water partition coefficient (Wildman–Crippen LogP) is 2.38. The summed E-state index contributed by atoms with van der Waals surface area (Å²) < 4.78 is 5.31. The number of nitrogens with one attached hydrogen (secondary N) is 1. The number of ether oxygens (including phenoxy) is 1. The van der Waals surface area contributed by atoms with Crippen molar-refractivity contribution in [3.8, 4) is 0 Å². The normalized spacial score (nSPS) is 25.4. The van der Waals surface area contributed by atoms with Crippen molar-refractivity contribution >= 4 is 5.91 Å². The van der Waals surface area contributed by atoms with Crippen molar-refractivity contribution in [1.29, 1.82) is 0 Å². The van der Waals surface area contributed by atoms with Crippen LogP contribution in [-0.4, -0.2) is 42.8 Å². The molecule has 1 heterocycles. The molecule has 1 fully saturated rings. The zero-order chi connectivity index (χ0) is 14.4. The molecule has 4 nitrogen and oxygen atoms in total. The lowest BCUT2D eigenvalue weighted by molar-refractivity contribution is -0.134. The third kappa shape index (κ3) is 3.93.